The summed E-state index contributed by atoms with van der Waals surface area (Å²) in [6.07, 6.45) is 0. The van der Waals surface area contributed by atoms with Crippen molar-refractivity contribution in [1.29, 1.82) is 0 Å². The van der Waals surface area contributed by atoms with Gasteiger partial charge in [-0.05, 0) is 36.8 Å². The number of hydrogen-bond acceptors (Lipinski definition) is 5. The molecule has 2 rings (SSSR count). The van der Waals surface area contributed by atoms with Crippen LogP contribution in [0.25, 0.3) is 0 Å². The van der Waals surface area contributed by atoms with Crippen molar-refractivity contribution < 1.29 is 18.9 Å². The third kappa shape index (κ3) is 3.72. The highest BCUT2D eigenvalue weighted by molar-refractivity contribution is 5.99. The predicted molar refractivity (Wildman–Crippen MR) is 77.1 cm³/mol. The molecule has 0 aliphatic rings. The van der Waals surface area contributed by atoms with Gasteiger partial charge in [-0.15, -0.1) is 0 Å². The molecular formula is C15H11FN2O4. The molecule has 112 valence electrons. The number of hydrogen-bond donors (Lipinski definition) is 0. The number of rotatable bonds is 4. The van der Waals surface area contributed by atoms with E-state index in [0.29, 0.717) is 11.3 Å². The highest BCUT2D eigenvalue weighted by atomic mass is 19.1. The number of carbonyl (C=O) groups is 1. The molecule has 0 heterocycles. The smallest absolute Gasteiger partial charge is 0.313 e. The number of non-ortho nitro benzene ring substituents is 1. The van der Waals surface area contributed by atoms with E-state index < -0.39 is 10.9 Å². The largest absolute Gasteiger partial charge is 0.365 e. The van der Waals surface area contributed by atoms with Crippen molar-refractivity contribution in [3.63, 3.8) is 0 Å². The van der Waals surface area contributed by atoms with Gasteiger partial charge in [-0.3, -0.25) is 10.1 Å². The van der Waals surface area contributed by atoms with Crippen molar-refractivity contribution in [3.8, 4) is 0 Å². The van der Waals surface area contributed by atoms with Crippen LogP contribution in [0.4, 0.5) is 10.1 Å². The monoisotopic (exact) mass is 302 g/mol. The van der Waals surface area contributed by atoms with Gasteiger partial charge in [0.2, 0.25) is 0 Å². The molecule has 2 aromatic carbocycles. The Balaban J connectivity index is 2.06. The lowest BCUT2D eigenvalue weighted by Gasteiger charge is -2.01. The van der Waals surface area contributed by atoms with Crippen LogP contribution in [0.15, 0.2) is 53.7 Å². The maximum atomic E-state index is 12.8. The number of nitro benzene ring substituents is 1. The van der Waals surface area contributed by atoms with E-state index in [-0.39, 0.29) is 17.1 Å². The first-order valence-corrected chi connectivity index (χ1v) is 6.23. The second-order valence-corrected chi connectivity index (χ2v) is 4.37. The van der Waals surface area contributed by atoms with Crippen molar-refractivity contribution in [2.45, 2.75) is 6.92 Å². The number of benzene rings is 2. The highest BCUT2D eigenvalue weighted by Gasteiger charge is 2.11. The van der Waals surface area contributed by atoms with E-state index in [1.807, 2.05) is 0 Å². The average Bonchev–Trinajstić information content (AvgIpc) is 2.53. The van der Waals surface area contributed by atoms with E-state index in [9.17, 15) is 19.3 Å². The minimum absolute atomic E-state index is 0.123. The van der Waals surface area contributed by atoms with Crippen LogP contribution in [0.2, 0.25) is 0 Å². The van der Waals surface area contributed by atoms with Crippen molar-refractivity contribution >= 4 is 17.4 Å². The Bertz CT molecular complexity index is 724. The van der Waals surface area contributed by atoms with Crippen molar-refractivity contribution in [1.82, 2.24) is 0 Å². The maximum Gasteiger partial charge on any atom is 0.365 e. The van der Waals surface area contributed by atoms with Crippen LogP contribution in [0.3, 0.4) is 0 Å². The van der Waals surface area contributed by atoms with E-state index in [2.05, 4.69) is 5.16 Å². The molecule has 0 atom stereocenters. The van der Waals surface area contributed by atoms with Crippen molar-refractivity contribution in [3.05, 3.63) is 75.6 Å². The van der Waals surface area contributed by atoms with Crippen LogP contribution < -0.4 is 0 Å². The van der Waals surface area contributed by atoms with Crippen molar-refractivity contribution in [2.24, 2.45) is 5.16 Å². The summed E-state index contributed by atoms with van der Waals surface area (Å²) >= 11 is 0. The molecule has 2 aromatic rings. The molecule has 0 saturated heterocycles. The van der Waals surface area contributed by atoms with E-state index in [1.165, 1.54) is 48.5 Å². The summed E-state index contributed by atoms with van der Waals surface area (Å²) in [5.74, 6) is -1.12. The number of nitrogens with zero attached hydrogens (tertiary/aromatic N) is 2. The molecule has 0 N–H and O–H groups in total. The Morgan fingerprint density at radius 1 is 1.09 bits per heavy atom. The summed E-state index contributed by atoms with van der Waals surface area (Å²) in [6.45, 7) is 1.61. The number of oxime groups is 1. The average molecular weight is 302 g/mol. The molecule has 0 aliphatic carbocycles. The molecule has 0 amide bonds. The predicted octanol–water partition coefficient (Wildman–Crippen LogP) is 3.31. The normalized spacial score (nSPS) is 11.1. The fraction of sp³-hybridized carbons (Fsp3) is 0.0667. The van der Waals surface area contributed by atoms with E-state index >= 15 is 0 Å². The third-order valence-electron chi connectivity index (χ3n) is 2.84. The van der Waals surface area contributed by atoms with Gasteiger partial charge < -0.3 is 4.84 Å². The van der Waals surface area contributed by atoms with Crippen LogP contribution in [0.1, 0.15) is 22.8 Å². The lowest BCUT2D eigenvalue weighted by molar-refractivity contribution is -0.384. The highest BCUT2D eigenvalue weighted by Crippen LogP contribution is 2.13. The molecular weight excluding hydrogens is 291 g/mol. The van der Waals surface area contributed by atoms with Crippen LogP contribution in [-0.2, 0) is 4.84 Å². The quantitative estimate of drug-likeness (QED) is 0.375. The Morgan fingerprint density at radius 3 is 2.18 bits per heavy atom. The standard InChI is InChI=1S/C15H11FN2O4/c1-10(11-2-6-13(16)7-3-11)17-22-15(19)12-4-8-14(9-5-12)18(20)21/h2-9H,1H3. The van der Waals surface area contributed by atoms with Gasteiger partial charge in [0.05, 0.1) is 16.2 Å². The van der Waals surface area contributed by atoms with Gasteiger partial charge in [0, 0.05) is 12.1 Å². The molecule has 0 fully saturated rings. The molecule has 0 bridgehead atoms. The number of nitro groups is 1. The third-order valence-corrected chi connectivity index (χ3v) is 2.84. The summed E-state index contributed by atoms with van der Waals surface area (Å²) in [5.41, 5.74) is 1.02. The summed E-state index contributed by atoms with van der Waals surface area (Å²) in [4.78, 5) is 26.5. The fourth-order valence-electron chi connectivity index (χ4n) is 1.63. The molecule has 7 heteroatoms. The van der Waals surface area contributed by atoms with Gasteiger partial charge in [0.1, 0.15) is 5.82 Å². The van der Waals surface area contributed by atoms with E-state index in [1.54, 1.807) is 6.92 Å². The summed E-state index contributed by atoms with van der Waals surface area (Å²) in [5, 5.41) is 14.2. The molecule has 0 unspecified atom stereocenters. The van der Waals surface area contributed by atoms with Gasteiger partial charge in [-0.25, -0.2) is 9.18 Å². The molecule has 6 nitrogen and oxygen atoms in total. The van der Waals surface area contributed by atoms with Crippen LogP contribution in [0.5, 0.6) is 0 Å². The van der Waals surface area contributed by atoms with Gasteiger partial charge in [-0.2, -0.15) is 0 Å². The Hall–Kier alpha value is -3.09. The SMILES string of the molecule is CC(=NOC(=O)c1ccc([N+](=O)[O-])cc1)c1ccc(F)cc1. The minimum atomic E-state index is -0.739. The summed E-state index contributed by atoms with van der Waals surface area (Å²) < 4.78 is 12.8. The Kier molecular flexibility index (Phi) is 4.57. The second-order valence-electron chi connectivity index (χ2n) is 4.37. The molecule has 0 radical (unpaired) electrons. The maximum absolute atomic E-state index is 12.8. The summed E-state index contributed by atoms with van der Waals surface area (Å²) in [7, 11) is 0. The lowest BCUT2D eigenvalue weighted by Crippen LogP contribution is -2.04. The first-order valence-electron chi connectivity index (χ1n) is 6.23. The van der Waals surface area contributed by atoms with Crippen molar-refractivity contribution in [2.75, 3.05) is 0 Å². The molecule has 0 aliphatic heterocycles. The van der Waals surface area contributed by atoms with Crippen LogP contribution in [-0.4, -0.2) is 16.6 Å². The minimum Gasteiger partial charge on any atom is -0.313 e. The summed E-state index contributed by atoms with van der Waals surface area (Å²) in [6, 6.07) is 10.5. The topological polar surface area (TPSA) is 81.8 Å². The Labute approximate surface area is 125 Å². The molecule has 0 spiro atoms. The first-order chi connectivity index (χ1) is 10.5. The van der Waals surface area contributed by atoms with Gasteiger partial charge in [0.25, 0.3) is 5.69 Å². The molecule has 22 heavy (non-hydrogen) atoms. The first kappa shape index (κ1) is 15.3. The lowest BCUT2D eigenvalue weighted by atomic mass is 10.1. The zero-order chi connectivity index (χ0) is 16.1. The van der Waals surface area contributed by atoms with Gasteiger partial charge in [0.15, 0.2) is 0 Å². The van der Waals surface area contributed by atoms with E-state index in [4.69, 9.17) is 4.84 Å². The molecule has 0 saturated carbocycles. The van der Waals surface area contributed by atoms with E-state index in [0.717, 1.165) is 0 Å². The zero-order valence-corrected chi connectivity index (χ0v) is 11.5. The van der Waals surface area contributed by atoms with Crippen LogP contribution in [0, 0.1) is 15.9 Å². The van der Waals surface area contributed by atoms with Gasteiger partial charge >= 0.3 is 5.97 Å². The number of carbonyl (C=O) groups excluding carboxylic acids is 1. The fourth-order valence-corrected chi connectivity index (χ4v) is 1.63. The van der Waals surface area contributed by atoms with Crippen LogP contribution >= 0.6 is 0 Å². The molecule has 0 aromatic heterocycles. The second kappa shape index (κ2) is 6.57. The number of halogens is 1. The van der Waals surface area contributed by atoms with Gasteiger partial charge in [-0.1, -0.05) is 17.3 Å². The Morgan fingerprint density at radius 2 is 1.64 bits per heavy atom. The zero-order valence-electron chi connectivity index (χ0n) is 11.5.